The van der Waals surface area contributed by atoms with E-state index in [0.29, 0.717) is 23.5 Å². The summed E-state index contributed by atoms with van der Waals surface area (Å²) in [5.41, 5.74) is 3.14. The highest BCUT2D eigenvalue weighted by molar-refractivity contribution is 5.95. The number of carboxylic acid groups (broad SMARTS) is 1. The van der Waals surface area contributed by atoms with Gasteiger partial charge in [0.15, 0.2) is 0 Å². The molecule has 0 aliphatic heterocycles. The predicted molar refractivity (Wildman–Crippen MR) is 103 cm³/mol. The summed E-state index contributed by atoms with van der Waals surface area (Å²) < 4.78 is 10.6. The fourth-order valence-corrected chi connectivity index (χ4v) is 2.91. The van der Waals surface area contributed by atoms with Gasteiger partial charge in [0.05, 0.1) is 20.1 Å². The molecule has 0 bridgehead atoms. The van der Waals surface area contributed by atoms with Gasteiger partial charge in [-0.25, -0.2) is 0 Å². The van der Waals surface area contributed by atoms with Gasteiger partial charge >= 0.3 is 5.97 Å². The summed E-state index contributed by atoms with van der Waals surface area (Å²) in [7, 11) is 3.04. The third-order valence-corrected chi connectivity index (χ3v) is 4.44. The largest absolute Gasteiger partial charge is 0.496 e. The minimum atomic E-state index is -0.948. The summed E-state index contributed by atoms with van der Waals surface area (Å²) in [5, 5.41) is 12.2. The number of rotatable bonds is 8. The number of carboxylic acids is 1. The lowest BCUT2D eigenvalue weighted by molar-refractivity contribution is -0.141. The third-order valence-electron chi connectivity index (χ3n) is 4.44. The van der Waals surface area contributed by atoms with E-state index in [0.717, 1.165) is 16.7 Å². The van der Waals surface area contributed by atoms with Crippen molar-refractivity contribution >= 4 is 11.9 Å². The molecule has 0 aliphatic carbocycles. The van der Waals surface area contributed by atoms with Crippen molar-refractivity contribution in [3.63, 3.8) is 0 Å². The second-order valence-electron chi connectivity index (χ2n) is 6.44. The van der Waals surface area contributed by atoms with Crippen LogP contribution in [0.3, 0.4) is 0 Å². The number of aliphatic carboxylic acids is 1. The number of methoxy groups -OCH3 is 2. The van der Waals surface area contributed by atoms with Crippen LogP contribution in [0.1, 0.15) is 27.0 Å². The molecule has 0 fully saturated rings. The minimum Gasteiger partial charge on any atom is -0.496 e. The molecule has 0 spiro atoms. The number of carbonyl (C=O) groups excluding carboxylic acids is 1. The molecular formula is C21H25NO5. The van der Waals surface area contributed by atoms with Crippen molar-refractivity contribution in [3.8, 4) is 11.5 Å². The van der Waals surface area contributed by atoms with E-state index in [-0.39, 0.29) is 12.5 Å². The van der Waals surface area contributed by atoms with Gasteiger partial charge in [0.25, 0.3) is 5.91 Å². The first-order chi connectivity index (χ1) is 12.8. The molecule has 27 heavy (non-hydrogen) atoms. The zero-order valence-electron chi connectivity index (χ0n) is 16.0. The SMILES string of the molecule is COc1cc(C(=O)NCC(Cc2cccc(C)c2)C(=O)O)cc(OC)c1C. The highest BCUT2D eigenvalue weighted by Crippen LogP contribution is 2.29. The van der Waals surface area contributed by atoms with E-state index >= 15 is 0 Å². The standard InChI is InChI=1S/C21H25NO5/c1-13-6-5-7-15(8-13)9-17(21(24)25)12-22-20(23)16-10-18(26-3)14(2)19(11-16)27-4/h5-8,10-11,17H,9,12H2,1-4H3,(H,22,23)(H,24,25). The monoisotopic (exact) mass is 371 g/mol. The van der Waals surface area contributed by atoms with Crippen molar-refractivity contribution in [2.75, 3.05) is 20.8 Å². The van der Waals surface area contributed by atoms with Crippen molar-refractivity contribution in [1.82, 2.24) is 5.32 Å². The molecule has 0 saturated heterocycles. The Balaban J connectivity index is 2.11. The maximum Gasteiger partial charge on any atom is 0.308 e. The van der Waals surface area contributed by atoms with E-state index in [1.807, 2.05) is 38.1 Å². The van der Waals surface area contributed by atoms with Crippen LogP contribution in [0.25, 0.3) is 0 Å². The molecule has 1 unspecified atom stereocenters. The van der Waals surface area contributed by atoms with E-state index < -0.39 is 11.9 Å². The highest BCUT2D eigenvalue weighted by atomic mass is 16.5. The van der Waals surface area contributed by atoms with Gasteiger partial charge in [-0.2, -0.15) is 0 Å². The molecule has 0 aromatic heterocycles. The van der Waals surface area contributed by atoms with Crippen molar-refractivity contribution < 1.29 is 24.2 Å². The van der Waals surface area contributed by atoms with Crippen molar-refractivity contribution in [2.45, 2.75) is 20.3 Å². The van der Waals surface area contributed by atoms with Crippen LogP contribution >= 0.6 is 0 Å². The van der Waals surface area contributed by atoms with E-state index in [2.05, 4.69) is 5.32 Å². The summed E-state index contributed by atoms with van der Waals surface area (Å²) in [5.74, 6) is -0.967. The molecule has 2 aromatic carbocycles. The number of hydrogen-bond donors (Lipinski definition) is 2. The highest BCUT2D eigenvalue weighted by Gasteiger charge is 2.20. The number of hydrogen-bond acceptors (Lipinski definition) is 4. The molecule has 2 N–H and O–H groups in total. The molecule has 6 nitrogen and oxygen atoms in total. The van der Waals surface area contributed by atoms with Crippen molar-refractivity contribution in [3.05, 3.63) is 58.7 Å². The van der Waals surface area contributed by atoms with Gasteiger partial charge in [-0.05, 0) is 38.0 Å². The first-order valence-corrected chi connectivity index (χ1v) is 8.64. The van der Waals surface area contributed by atoms with Gasteiger partial charge in [0.2, 0.25) is 0 Å². The zero-order valence-corrected chi connectivity index (χ0v) is 16.0. The second-order valence-corrected chi connectivity index (χ2v) is 6.44. The van der Waals surface area contributed by atoms with Crippen LogP contribution in [0, 0.1) is 19.8 Å². The first kappa shape index (κ1) is 20.3. The minimum absolute atomic E-state index is 0.0284. The Hall–Kier alpha value is -3.02. The molecule has 2 rings (SSSR count). The van der Waals surface area contributed by atoms with E-state index in [9.17, 15) is 14.7 Å². The van der Waals surface area contributed by atoms with Crippen LogP contribution in [0.5, 0.6) is 11.5 Å². The molecule has 1 amide bonds. The number of amides is 1. The molecule has 0 heterocycles. The van der Waals surface area contributed by atoms with Crippen LogP contribution in [-0.4, -0.2) is 37.7 Å². The van der Waals surface area contributed by atoms with E-state index in [1.54, 1.807) is 12.1 Å². The second kappa shape index (κ2) is 9.07. The van der Waals surface area contributed by atoms with Gasteiger partial charge in [-0.3, -0.25) is 9.59 Å². The van der Waals surface area contributed by atoms with E-state index in [4.69, 9.17) is 9.47 Å². The lowest BCUT2D eigenvalue weighted by atomic mass is 9.98. The first-order valence-electron chi connectivity index (χ1n) is 8.64. The summed E-state index contributed by atoms with van der Waals surface area (Å²) in [4.78, 5) is 24.1. The van der Waals surface area contributed by atoms with E-state index in [1.165, 1.54) is 14.2 Å². The van der Waals surface area contributed by atoms with Gasteiger partial charge in [0.1, 0.15) is 11.5 Å². The van der Waals surface area contributed by atoms with Gasteiger partial charge in [-0.1, -0.05) is 29.8 Å². The molecule has 0 saturated carbocycles. The Kier molecular flexibility index (Phi) is 6.82. The number of carbonyl (C=O) groups is 2. The zero-order chi connectivity index (χ0) is 20.0. The maximum absolute atomic E-state index is 12.5. The lowest BCUT2D eigenvalue weighted by Crippen LogP contribution is -2.34. The molecule has 144 valence electrons. The fraction of sp³-hybridized carbons (Fsp3) is 0.333. The molecular weight excluding hydrogens is 346 g/mol. The number of aryl methyl sites for hydroxylation is 1. The molecule has 0 radical (unpaired) electrons. The summed E-state index contributed by atoms with van der Waals surface area (Å²) >= 11 is 0. The molecule has 0 aliphatic rings. The molecule has 1 atom stereocenters. The Bertz CT molecular complexity index is 806. The average Bonchev–Trinajstić information content (AvgIpc) is 2.64. The number of benzene rings is 2. The molecule has 2 aromatic rings. The normalized spacial score (nSPS) is 11.6. The van der Waals surface area contributed by atoms with Crippen molar-refractivity contribution in [1.29, 1.82) is 0 Å². The quantitative estimate of drug-likeness (QED) is 0.745. The maximum atomic E-state index is 12.5. The number of nitrogens with one attached hydrogen (secondary N) is 1. The summed E-state index contributed by atoms with van der Waals surface area (Å²) in [6.07, 6.45) is 0.345. The summed E-state index contributed by atoms with van der Waals surface area (Å²) in [6, 6.07) is 10.9. The van der Waals surface area contributed by atoms with Crippen LogP contribution in [0.2, 0.25) is 0 Å². The van der Waals surface area contributed by atoms with Gasteiger partial charge < -0.3 is 19.9 Å². The smallest absolute Gasteiger partial charge is 0.308 e. The molecule has 6 heteroatoms. The Morgan fingerprint density at radius 1 is 1.07 bits per heavy atom. The van der Waals surface area contributed by atoms with Crippen LogP contribution < -0.4 is 14.8 Å². The third kappa shape index (κ3) is 5.23. The Morgan fingerprint density at radius 3 is 2.22 bits per heavy atom. The average molecular weight is 371 g/mol. The van der Waals surface area contributed by atoms with Crippen LogP contribution in [-0.2, 0) is 11.2 Å². The Labute approximate surface area is 159 Å². The van der Waals surface area contributed by atoms with Gasteiger partial charge in [-0.15, -0.1) is 0 Å². The Morgan fingerprint density at radius 2 is 1.70 bits per heavy atom. The predicted octanol–water partition coefficient (Wildman–Crippen LogP) is 2.99. The lowest BCUT2D eigenvalue weighted by Gasteiger charge is -2.15. The fourth-order valence-electron chi connectivity index (χ4n) is 2.91. The van der Waals surface area contributed by atoms with Crippen molar-refractivity contribution in [2.24, 2.45) is 5.92 Å². The summed E-state index contributed by atoms with van der Waals surface area (Å²) in [6.45, 7) is 3.82. The van der Waals surface area contributed by atoms with Crippen LogP contribution in [0.15, 0.2) is 36.4 Å². The number of ether oxygens (including phenoxy) is 2. The van der Waals surface area contributed by atoms with Crippen LogP contribution in [0.4, 0.5) is 0 Å². The van der Waals surface area contributed by atoms with Gasteiger partial charge in [0, 0.05) is 17.7 Å². The topological polar surface area (TPSA) is 84.9 Å².